The van der Waals surface area contributed by atoms with Gasteiger partial charge in [-0.25, -0.2) is 9.37 Å². The summed E-state index contributed by atoms with van der Waals surface area (Å²) in [7, 11) is 0. The molecule has 0 saturated heterocycles. The van der Waals surface area contributed by atoms with Gasteiger partial charge in [-0.2, -0.15) is 13.2 Å². The van der Waals surface area contributed by atoms with Crippen molar-refractivity contribution in [1.82, 2.24) is 4.98 Å². The van der Waals surface area contributed by atoms with Crippen LogP contribution in [0, 0.1) is 5.82 Å². The third-order valence-corrected chi connectivity index (χ3v) is 2.98. The van der Waals surface area contributed by atoms with E-state index in [0.29, 0.717) is 6.07 Å². The first kappa shape index (κ1) is 15.7. The Morgan fingerprint density at radius 3 is 2.14 bits per heavy atom. The summed E-state index contributed by atoms with van der Waals surface area (Å²) in [5, 5.41) is 1.99. The van der Waals surface area contributed by atoms with E-state index in [9.17, 15) is 17.6 Å². The van der Waals surface area contributed by atoms with Gasteiger partial charge >= 0.3 is 6.18 Å². The van der Waals surface area contributed by atoms with Crippen LogP contribution in [-0.2, 0) is 6.18 Å². The van der Waals surface area contributed by atoms with Gasteiger partial charge < -0.3 is 11.1 Å². The van der Waals surface area contributed by atoms with E-state index in [1.165, 1.54) is 12.1 Å². The van der Waals surface area contributed by atoms with Crippen LogP contribution in [0.15, 0.2) is 24.3 Å². The molecule has 0 bridgehead atoms. The Kier molecular flexibility index (Phi) is 4.15. The number of nitrogen functional groups attached to an aromatic ring is 1. The molecule has 0 amide bonds. The third kappa shape index (κ3) is 3.68. The molecule has 0 atom stereocenters. The van der Waals surface area contributed by atoms with Crippen LogP contribution in [-0.4, -0.2) is 4.98 Å². The van der Waals surface area contributed by atoms with Gasteiger partial charge in [0.05, 0.1) is 15.6 Å². The number of pyridine rings is 1. The Bertz CT molecular complexity index is 666. The van der Waals surface area contributed by atoms with E-state index >= 15 is 0 Å². The largest absolute Gasteiger partial charge is 0.416 e. The predicted octanol–water partition coefficient (Wildman–Crippen LogP) is 4.87. The van der Waals surface area contributed by atoms with E-state index < -0.39 is 17.6 Å². The van der Waals surface area contributed by atoms with Crippen molar-refractivity contribution < 1.29 is 17.6 Å². The summed E-state index contributed by atoms with van der Waals surface area (Å²) in [5.41, 5.74) is 4.55. The molecule has 1 aromatic carbocycles. The van der Waals surface area contributed by atoms with Crippen molar-refractivity contribution in [2.75, 3.05) is 11.1 Å². The highest BCUT2D eigenvalue weighted by Crippen LogP contribution is 2.33. The molecule has 0 aliphatic heterocycles. The van der Waals surface area contributed by atoms with Crippen molar-refractivity contribution in [3.63, 3.8) is 0 Å². The molecule has 2 rings (SSSR count). The lowest BCUT2D eigenvalue weighted by atomic mass is 10.2. The molecule has 3 nitrogen and oxygen atoms in total. The van der Waals surface area contributed by atoms with Crippen molar-refractivity contribution in [1.29, 1.82) is 0 Å². The quantitative estimate of drug-likeness (QED) is 0.606. The van der Waals surface area contributed by atoms with Crippen LogP contribution in [0.3, 0.4) is 0 Å². The first-order valence-corrected chi connectivity index (χ1v) is 6.19. The number of nitrogens with zero attached hydrogens (tertiary/aromatic N) is 1. The van der Waals surface area contributed by atoms with Crippen LogP contribution in [0.4, 0.5) is 34.9 Å². The third-order valence-electron chi connectivity index (χ3n) is 2.43. The molecule has 0 aliphatic rings. The minimum absolute atomic E-state index is 0.166. The van der Waals surface area contributed by atoms with E-state index in [1.54, 1.807) is 0 Å². The molecule has 0 aliphatic carbocycles. The summed E-state index contributed by atoms with van der Waals surface area (Å²) in [4.78, 5) is 3.71. The fraction of sp³-hybridized carbons (Fsp3) is 0.0833. The Morgan fingerprint density at radius 2 is 1.62 bits per heavy atom. The maximum Gasteiger partial charge on any atom is 0.416 e. The first-order valence-electron chi connectivity index (χ1n) is 5.43. The SMILES string of the molecule is Nc1cc(C(F)(F)F)cc(Nc2cc(Cl)c(F)c(Cl)c2)n1. The van der Waals surface area contributed by atoms with Crippen LogP contribution in [0.1, 0.15) is 5.56 Å². The molecule has 1 heterocycles. The number of nitrogens with one attached hydrogen (secondary N) is 1. The van der Waals surface area contributed by atoms with Crippen molar-refractivity contribution in [3.05, 3.63) is 45.7 Å². The summed E-state index contributed by atoms with van der Waals surface area (Å²) in [5.74, 6) is -1.30. The van der Waals surface area contributed by atoms with Crippen LogP contribution in [0.5, 0.6) is 0 Å². The molecule has 9 heteroatoms. The first-order chi connectivity index (χ1) is 9.66. The van der Waals surface area contributed by atoms with Crippen LogP contribution < -0.4 is 11.1 Å². The number of hydrogen-bond acceptors (Lipinski definition) is 3. The number of nitrogens with two attached hydrogens (primary N) is 1. The lowest BCUT2D eigenvalue weighted by Gasteiger charge is -2.12. The predicted molar refractivity (Wildman–Crippen MR) is 73.4 cm³/mol. The fourth-order valence-corrected chi connectivity index (χ4v) is 2.04. The minimum atomic E-state index is -4.56. The van der Waals surface area contributed by atoms with E-state index in [4.69, 9.17) is 28.9 Å². The second-order valence-corrected chi connectivity index (χ2v) is 4.86. The van der Waals surface area contributed by atoms with Crippen molar-refractivity contribution in [3.8, 4) is 0 Å². The Labute approximate surface area is 126 Å². The molecular weight excluding hydrogens is 333 g/mol. The Balaban J connectivity index is 2.38. The summed E-state index contributed by atoms with van der Waals surface area (Å²) >= 11 is 11.2. The number of rotatable bonds is 2. The van der Waals surface area contributed by atoms with E-state index in [-0.39, 0.29) is 27.4 Å². The number of benzene rings is 1. The minimum Gasteiger partial charge on any atom is -0.384 e. The van der Waals surface area contributed by atoms with Gasteiger partial charge in [0.1, 0.15) is 11.6 Å². The van der Waals surface area contributed by atoms with Crippen molar-refractivity contribution in [2.24, 2.45) is 0 Å². The number of halogens is 6. The van der Waals surface area contributed by atoms with Gasteiger partial charge in [-0.1, -0.05) is 23.2 Å². The van der Waals surface area contributed by atoms with Gasteiger partial charge in [-0.3, -0.25) is 0 Å². The van der Waals surface area contributed by atoms with Crippen molar-refractivity contribution >= 4 is 40.5 Å². The number of aromatic nitrogens is 1. The molecule has 2 aromatic rings. The zero-order valence-corrected chi connectivity index (χ0v) is 11.6. The van der Waals surface area contributed by atoms with Gasteiger partial charge in [0.15, 0.2) is 5.82 Å². The van der Waals surface area contributed by atoms with Gasteiger partial charge in [0.2, 0.25) is 0 Å². The molecule has 112 valence electrons. The maximum atomic E-state index is 13.3. The van der Waals surface area contributed by atoms with Crippen LogP contribution in [0.2, 0.25) is 10.0 Å². The number of alkyl halides is 3. The monoisotopic (exact) mass is 339 g/mol. The van der Waals surface area contributed by atoms with Gasteiger partial charge in [0.25, 0.3) is 0 Å². The van der Waals surface area contributed by atoms with E-state index in [2.05, 4.69) is 10.3 Å². The zero-order chi connectivity index (χ0) is 15.8. The second kappa shape index (κ2) is 5.57. The molecule has 1 aromatic heterocycles. The molecule has 0 radical (unpaired) electrons. The van der Waals surface area contributed by atoms with E-state index in [1.807, 2.05) is 0 Å². The van der Waals surface area contributed by atoms with Gasteiger partial charge in [-0.05, 0) is 24.3 Å². The number of anilines is 3. The Morgan fingerprint density at radius 1 is 1.05 bits per heavy atom. The molecular formula is C12H7Cl2F4N3. The Hall–Kier alpha value is -1.73. The molecule has 0 spiro atoms. The molecule has 0 saturated carbocycles. The highest BCUT2D eigenvalue weighted by Gasteiger charge is 2.31. The molecule has 0 unspecified atom stereocenters. The summed E-state index contributed by atoms with van der Waals surface area (Å²) in [6, 6.07) is 3.80. The summed E-state index contributed by atoms with van der Waals surface area (Å²) < 4.78 is 51.3. The van der Waals surface area contributed by atoms with Gasteiger partial charge in [-0.15, -0.1) is 0 Å². The highest BCUT2D eigenvalue weighted by atomic mass is 35.5. The topological polar surface area (TPSA) is 50.9 Å². The number of hydrogen-bond donors (Lipinski definition) is 2. The lowest BCUT2D eigenvalue weighted by Crippen LogP contribution is -2.08. The van der Waals surface area contributed by atoms with Crippen LogP contribution in [0.25, 0.3) is 0 Å². The summed E-state index contributed by atoms with van der Waals surface area (Å²) in [6.45, 7) is 0. The average molecular weight is 340 g/mol. The van der Waals surface area contributed by atoms with Gasteiger partial charge in [0, 0.05) is 5.69 Å². The molecule has 0 fully saturated rings. The lowest BCUT2D eigenvalue weighted by molar-refractivity contribution is -0.137. The fourth-order valence-electron chi connectivity index (χ4n) is 1.56. The van der Waals surface area contributed by atoms with E-state index in [0.717, 1.165) is 6.07 Å². The maximum absolute atomic E-state index is 13.3. The molecule has 3 N–H and O–H groups in total. The zero-order valence-electron chi connectivity index (χ0n) is 10.1. The smallest absolute Gasteiger partial charge is 0.384 e. The van der Waals surface area contributed by atoms with Crippen molar-refractivity contribution in [2.45, 2.75) is 6.18 Å². The normalized spacial score (nSPS) is 11.5. The molecule has 21 heavy (non-hydrogen) atoms. The van der Waals surface area contributed by atoms with Crippen LogP contribution >= 0.6 is 23.2 Å². The average Bonchev–Trinajstić information content (AvgIpc) is 2.34. The summed E-state index contributed by atoms with van der Waals surface area (Å²) in [6.07, 6.45) is -4.56. The highest BCUT2D eigenvalue weighted by molar-refractivity contribution is 6.35. The standard InChI is InChI=1S/C12H7Cl2F4N3/c13-7-3-6(4-8(14)11(7)15)20-10-2-5(12(16,17)18)1-9(19)21-10/h1-4H,(H3,19,20,21). The second-order valence-electron chi connectivity index (χ2n) is 4.04.